The molecule has 2 saturated heterocycles. The van der Waals surface area contributed by atoms with E-state index in [-0.39, 0.29) is 52.0 Å². The quantitative estimate of drug-likeness (QED) is 0.148. The van der Waals surface area contributed by atoms with Crippen molar-refractivity contribution in [2.75, 3.05) is 7.11 Å². The molecule has 0 N–H and O–H groups in total. The molecule has 4 aliphatic rings. The minimum Gasteiger partial charge on any atom is -0.496 e. The molecule has 0 aromatic heterocycles. The van der Waals surface area contributed by atoms with Crippen molar-refractivity contribution in [3.63, 3.8) is 0 Å². The number of halogens is 7. The van der Waals surface area contributed by atoms with Crippen LogP contribution >= 0.6 is 8.58 Å². The van der Waals surface area contributed by atoms with Gasteiger partial charge in [0.15, 0.2) is 5.52 Å². The number of alkyl halides is 5. The average Bonchev–Trinajstić information content (AvgIpc) is 3.60. The maximum atomic E-state index is 15.7. The lowest BCUT2D eigenvalue weighted by Crippen LogP contribution is -2.31. The average molecular weight is 688 g/mol. The molecule has 248 valence electrons. The molecule has 48 heavy (non-hydrogen) atoms. The predicted molar refractivity (Wildman–Crippen MR) is 163 cm³/mol. The standard InChI is InChI=1S/C35H25F7NO4P/c1-16-9-17-3-5-22(16)24-14-26(30(46-2)15-27(24)37)23-6-4-19(34(38,39)40)13-25(23)28-7-8-29-31(47-33(45)43(28)29)18-10-20(12-21(36)11-18)35(41,42)48-32(17)44/h3-6,9-15,28-29,31,48H,7-8H2,1-2H3/t28-,29-,31+/m0/s1. The molecule has 4 aliphatic heterocycles. The summed E-state index contributed by atoms with van der Waals surface area (Å²) in [5.74, 6) is -1.76. The summed E-state index contributed by atoms with van der Waals surface area (Å²) in [4.78, 5) is 27.8. The van der Waals surface area contributed by atoms with E-state index in [0.717, 1.165) is 30.3 Å². The second kappa shape index (κ2) is 11.3. The van der Waals surface area contributed by atoms with E-state index in [2.05, 4.69) is 0 Å². The number of rotatable bonds is 1. The number of hydrogen-bond donors (Lipinski definition) is 0. The van der Waals surface area contributed by atoms with Crippen LogP contribution in [0.3, 0.4) is 0 Å². The second-order valence-electron chi connectivity index (χ2n) is 12.0. The lowest BCUT2D eigenvalue weighted by Gasteiger charge is -2.26. The van der Waals surface area contributed by atoms with Crippen LogP contribution < -0.4 is 4.74 Å². The molecular formula is C35H25F7NO4P. The highest BCUT2D eigenvalue weighted by atomic mass is 31.1. The fourth-order valence-electron chi connectivity index (χ4n) is 6.99. The Kier molecular flexibility index (Phi) is 7.58. The summed E-state index contributed by atoms with van der Waals surface area (Å²) >= 11 is 0. The first-order valence-corrected chi connectivity index (χ1v) is 15.9. The number of amides is 1. The van der Waals surface area contributed by atoms with Crippen molar-refractivity contribution < 1.29 is 49.8 Å². The minimum atomic E-state index is -4.75. The van der Waals surface area contributed by atoms with Gasteiger partial charge in [-0.1, -0.05) is 18.2 Å². The largest absolute Gasteiger partial charge is 0.496 e. The molecule has 13 heteroatoms. The topological polar surface area (TPSA) is 55.8 Å². The van der Waals surface area contributed by atoms with Crippen molar-refractivity contribution in [1.29, 1.82) is 0 Å². The predicted octanol–water partition coefficient (Wildman–Crippen LogP) is 9.91. The number of carbonyl (C=O) groups is 2. The molecule has 8 rings (SSSR count). The Morgan fingerprint density at radius 1 is 0.896 bits per heavy atom. The van der Waals surface area contributed by atoms with Crippen LogP contribution in [-0.4, -0.2) is 29.7 Å². The third-order valence-corrected chi connectivity index (χ3v) is 10.3. The first kappa shape index (κ1) is 32.1. The molecule has 4 atom stereocenters. The molecule has 0 saturated carbocycles. The highest BCUT2D eigenvalue weighted by Crippen LogP contribution is 2.53. The van der Waals surface area contributed by atoms with E-state index < -0.39 is 73.0 Å². The van der Waals surface area contributed by atoms with Gasteiger partial charge in [0.2, 0.25) is 0 Å². The fraction of sp³-hybridized carbons (Fsp3) is 0.257. The van der Waals surface area contributed by atoms with Gasteiger partial charge < -0.3 is 9.47 Å². The zero-order valence-electron chi connectivity index (χ0n) is 25.2. The lowest BCUT2D eigenvalue weighted by atomic mass is 9.88. The number of benzene rings is 4. The molecule has 1 unspecified atom stereocenters. The third-order valence-electron chi connectivity index (χ3n) is 9.19. The Hall–Kier alpha value is -4.44. The van der Waals surface area contributed by atoms with Gasteiger partial charge in [-0.25, -0.2) is 13.6 Å². The SMILES string of the molecule is COc1cc(F)c2cc1-c1ccc(C(F)(F)F)cc1[C@@H]1CC[C@H]3[C@H](OC(=O)N13)c1cc(F)cc(c1)C(F)(F)PC(=O)c1ccc-2c(C)c1. The molecule has 4 aromatic rings. The van der Waals surface area contributed by atoms with Gasteiger partial charge in [0.25, 0.3) is 5.66 Å². The second-order valence-corrected chi connectivity index (χ2v) is 13.4. The summed E-state index contributed by atoms with van der Waals surface area (Å²) in [5.41, 5.74) is -5.38. The summed E-state index contributed by atoms with van der Waals surface area (Å²) in [6.07, 6.45) is -6.53. The molecule has 4 aromatic carbocycles. The molecule has 0 radical (unpaired) electrons. The zero-order chi connectivity index (χ0) is 34.3. The van der Waals surface area contributed by atoms with Gasteiger partial charge in [-0.05, 0) is 90.0 Å². The van der Waals surface area contributed by atoms with Gasteiger partial charge >= 0.3 is 12.3 Å². The highest BCUT2D eigenvalue weighted by Gasteiger charge is 2.51. The van der Waals surface area contributed by atoms with Gasteiger partial charge in [-0.2, -0.15) is 22.0 Å². The Morgan fingerprint density at radius 3 is 2.35 bits per heavy atom. The van der Waals surface area contributed by atoms with Crippen molar-refractivity contribution in [3.05, 3.63) is 112 Å². The lowest BCUT2D eigenvalue weighted by molar-refractivity contribution is -0.137. The van der Waals surface area contributed by atoms with Gasteiger partial charge in [0, 0.05) is 36.9 Å². The molecule has 1 amide bonds. The van der Waals surface area contributed by atoms with E-state index in [0.29, 0.717) is 17.2 Å². The molecule has 5 nitrogen and oxygen atoms in total. The molecule has 2 fully saturated rings. The Morgan fingerprint density at radius 2 is 1.65 bits per heavy atom. The summed E-state index contributed by atoms with van der Waals surface area (Å²) < 4.78 is 115. The van der Waals surface area contributed by atoms with E-state index in [1.807, 2.05) is 0 Å². The Labute approximate surface area is 271 Å². The molecule has 4 heterocycles. The van der Waals surface area contributed by atoms with Gasteiger partial charge in [-0.15, -0.1) is 0 Å². The number of ether oxygens (including phenoxy) is 2. The molecule has 0 aliphatic carbocycles. The van der Waals surface area contributed by atoms with Crippen LogP contribution in [0.5, 0.6) is 5.75 Å². The number of fused-ring (bicyclic) bond motifs is 4. The fourth-order valence-corrected chi connectivity index (χ4v) is 7.87. The zero-order valence-corrected chi connectivity index (χ0v) is 26.2. The maximum Gasteiger partial charge on any atom is 0.416 e. The monoisotopic (exact) mass is 687 g/mol. The van der Waals surface area contributed by atoms with Crippen LogP contribution in [0, 0.1) is 18.6 Å². The normalized spacial score (nSPS) is 21.9. The number of carbonyl (C=O) groups excluding carboxylic acids is 2. The summed E-state index contributed by atoms with van der Waals surface area (Å²) in [5, 5.41) is 0. The molecule has 0 spiro atoms. The van der Waals surface area contributed by atoms with E-state index in [1.54, 1.807) is 6.92 Å². The smallest absolute Gasteiger partial charge is 0.416 e. The van der Waals surface area contributed by atoms with Gasteiger partial charge in [-0.3, -0.25) is 9.69 Å². The van der Waals surface area contributed by atoms with Gasteiger partial charge in [0.05, 0.1) is 24.8 Å². The number of aryl methyl sites for hydroxylation is 1. The van der Waals surface area contributed by atoms with Crippen molar-refractivity contribution in [1.82, 2.24) is 4.90 Å². The number of hydrogen-bond acceptors (Lipinski definition) is 4. The summed E-state index contributed by atoms with van der Waals surface area (Å²) in [7, 11) is -0.336. The van der Waals surface area contributed by atoms with Crippen molar-refractivity contribution in [2.45, 2.75) is 49.8 Å². The van der Waals surface area contributed by atoms with Crippen LogP contribution in [0.2, 0.25) is 0 Å². The van der Waals surface area contributed by atoms with E-state index in [1.165, 1.54) is 42.3 Å². The van der Waals surface area contributed by atoms with Crippen LogP contribution in [0.25, 0.3) is 22.3 Å². The number of methoxy groups -OCH3 is 1. The highest BCUT2D eigenvalue weighted by molar-refractivity contribution is 7.59. The summed E-state index contributed by atoms with van der Waals surface area (Å²) in [6.45, 7) is 1.57. The molecule has 10 bridgehead atoms. The minimum absolute atomic E-state index is 0.0137. The van der Waals surface area contributed by atoms with Crippen LogP contribution in [-0.2, 0) is 16.6 Å². The van der Waals surface area contributed by atoms with E-state index >= 15 is 13.2 Å². The number of nitrogens with zero attached hydrogens (tertiary/aromatic N) is 1. The van der Waals surface area contributed by atoms with Crippen LogP contribution in [0.1, 0.15) is 63.2 Å². The van der Waals surface area contributed by atoms with Crippen LogP contribution in [0.15, 0.2) is 66.7 Å². The summed E-state index contributed by atoms with van der Waals surface area (Å²) in [6, 6.07) is 10.4. The first-order valence-electron chi connectivity index (χ1n) is 14.9. The molecular weight excluding hydrogens is 662 g/mol. The third kappa shape index (κ3) is 5.30. The van der Waals surface area contributed by atoms with Crippen LogP contribution in [0.4, 0.5) is 35.5 Å². The van der Waals surface area contributed by atoms with Crippen molar-refractivity contribution in [3.8, 4) is 28.0 Å². The Balaban J connectivity index is 1.50. The van der Waals surface area contributed by atoms with E-state index in [4.69, 9.17) is 9.47 Å². The Bertz CT molecular complexity index is 2010. The van der Waals surface area contributed by atoms with Crippen molar-refractivity contribution in [2.24, 2.45) is 0 Å². The van der Waals surface area contributed by atoms with E-state index in [9.17, 15) is 27.2 Å². The van der Waals surface area contributed by atoms with Crippen molar-refractivity contribution >= 4 is 20.2 Å². The van der Waals surface area contributed by atoms with Gasteiger partial charge in [0.1, 0.15) is 23.5 Å². The first-order chi connectivity index (χ1) is 22.7. The maximum absolute atomic E-state index is 15.7.